The zero-order valence-corrected chi connectivity index (χ0v) is 18.7. The zero-order valence-electron chi connectivity index (χ0n) is 17.0. The summed E-state index contributed by atoms with van der Waals surface area (Å²) in [6, 6.07) is 17.8. The molecule has 0 spiro atoms. The lowest BCUT2D eigenvalue weighted by atomic mass is 10.2. The molecular weight excluding hydrogens is 464 g/mol. The zero-order chi connectivity index (χ0) is 23.3. The molecule has 9 nitrogen and oxygen atoms in total. The molecule has 0 radical (unpaired) electrons. The molecule has 0 unspecified atom stereocenters. The maximum Gasteiger partial charge on any atom is 0.295 e. The summed E-state index contributed by atoms with van der Waals surface area (Å²) in [5, 5.41) is 4.50. The van der Waals surface area contributed by atoms with Crippen LogP contribution in [0.15, 0.2) is 94.2 Å². The van der Waals surface area contributed by atoms with E-state index in [-0.39, 0.29) is 22.2 Å². The van der Waals surface area contributed by atoms with Crippen molar-refractivity contribution in [3.63, 3.8) is 0 Å². The van der Waals surface area contributed by atoms with Gasteiger partial charge >= 0.3 is 0 Å². The minimum atomic E-state index is -3.81. The monoisotopic (exact) mass is 482 g/mol. The number of hydrogen-bond donors (Lipinski definition) is 2. The molecule has 0 bridgehead atoms. The lowest BCUT2D eigenvalue weighted by Crippen LogP contribution is -2.32. The molecule has 2 aromatic carbocycles. The summed E-state index contributed by atoms with van der Waals surface area (Å²) in [7, 11) is -3.81. The molecule has 0 saturated carbocycles. The number of rotatable bonds is 8. The molecule has 0 atom stereocenters. The van der Waals surface area contributed by atoms with Gasteiger partial charge in [0.25, 0.3) is 21.5 Å². The normalized spacial score (nSPS) is 11.0. The van der Waals surface area contributed by atoms with Gasteiger partial charge in [-0.25, -0.2) is 13.4 Å². The average Bonchev–Trinajstić information content (AvgIpc) is 3.32. The summed E-state index contributed by atoms with van der Waals surface area (Å²) >= 11 is 1.16. The molecule has 2 aromatic heterocycles. The number of nitrogens with one attached hydrogen (secondary N) is 2. The van der Waals surface area contributed by atoms with Gasteiger partial charge in [-0.2, -0.15) is 4.73 Å². The molecule has 33 heavy (non-hydrogen) atoms. The molecular formula is C22H18N4O5S2. The highest BCUT2D eigenvalue weighted by Crippen LogP contribution is 2.19. The van der Waals surface area contributed by atoms with E-state index in [4.69, 9.17) is 4.84 Å². The number of aromatic nitrogens is 2. The van der Waals surface area contributed by atoms with Gasteiger partial charge in [0.1, 0.15) is 12.2 Å². The maximum atomic E-state index is 12.6. The number of benzene rings is 2. The SMILES string of the molecule is O=C(Nc1ccc(S(=O)(=O)Nc2nccs2)cc1)c1cccn(OCc2ccccc2)c1=O. The van der Waals surface area contributed by atoms with Crippen LogP contribution in [-0.2, 0) is 16.6 Å². The number of nitrogens with zero attached hydrogens (tertiary/aromatic N) is 2. The number of sulfonamides is 1. The van der Waals surface area contributed by atoms with Gasteiger partial charge in [-0.1, -0.05) is 30.3 Å². The second-order valence-corrected chi connectivity index (χ2v) is 9.31. The highest BCUT2D eigenvalue weighted by molar-refractivity contribution is 7.93. The van der Waals surface area contributed by atoms with E-state index < -0.39 is 21.5 Å². The molecule has 0 aliphatic rings. The first-order chi connectivity index (χ1) is 15.9. The van der Waals surface area contributed by atoms with E-state index in [9.17, 15) is 18.0 Å². The first kappa shape index (κ1) is 22.2. The molecule has 0 aliphatic carbocycles. The number of amides is 1. The van der Waals surface area contributed by atoms with Crippen LogP contribution in [0.3, 0.4) is 0 Å². The van der Waals surface area contributed by atoms with Crippen molar-refractivity contribution in [2.45, 2.75) is 11.5 Å². The lowest BCUT2D eigenvalue weighted by Gasteiger charge is -2.11. The Kier molecular flexibility index (Phi) is 6.52. The predicted octanol–water partition coefficient (Wildman–Crippen LogP) is 2.99. The topological polar surface area (TPSA) is 119 Å². The third-order valence-corrected chi connectivity index (χ3v) is 6.62. The Bertz CT molecular complexity index is 1400. The Morgan fingerprint density at radius 3 is 2.48 bits per heavy atom. The third kappa shape index (κ3) is 5.45. The fraction of sp³-hybridized carbons (Fsp3) is 0.0455. The highest BCUT2D eigenvalue weighted by Gasteiger charge is 2.17. The fourth-order valence-electron chi connectivity index (χ4n) is 2.83. The van der Waals surface area contributed by atoms with Crippen molar-refractivity contribution >= 4 is 38.1 Å². The number of thiazole rings is 1. The minimum absolute atomic E-state index is 0.00655. The third-order valence-electron chi connectivity index (χ3n) is 4.45. The van der Waals surface area contributed by atoms with Gasteiger partial charge in [-0.05, 0) is 42.0 Å². The van der Waals surface area contributed by atoms with Crippen LogP contribution in [0.5, 0.6) is 0 Å². The van der Waals surface area contributed by atoms with Crippen LogP contribution in [0.4, 0.5) is 10.8 Å². The smallest absolute Gasteiger partial charge is 0.295 e. The van der Waals surface area contributed by atoms with Crippen LogP contribution >= 0.6 is 11.3 Å². The lowest BCUT2D eigenvalue weighted by molar-refractivity contribution is 0.0863. The first-order valence-electron chi connectivity index (χ1n) is 9.65. The number of carbonyl (C=O) groups excluding carboxylic acids is 1. The van der Waals surface area contributed by atoms with Gasteiger partial charge in [0.2, 0.25) is 0 Å². The molecule has 2 heterocycles. The van der Waals surface area contributed by atoms with E-state index in [0.29, 0.717) is 5.69 Å². The summed E-state index contributed by atoms with van der Waals surface area (Å²) in [5.74, 6) is -0.644. The van der Waals surface area contributed by atoms with E-state index in [1.807, 2.05) is 30.3 Å². The van der Waals surface area contributed by atoms with Crippen LogP contribution in [0.1, 0.15) is 15.9 Å². The minimum Gasteiger partial charge on any atom is -0.406 e. The van der Waals surface area contributed by atoms with Crippen LogP contribution in [0.25, 0.3) is 0 Å². The van der Waals surface area contributed by atoms with E-state index in [1.54, 1.807) is 5.38 Å². The second kappa shape index (κ2) is 9.67. The maximum absolute atomic E-state index is 12.6. The van der Waals surface area contributed by atoms with Crippen molar-refractivity contribution in [1.29, 1.82) is 0 Å². The summed E-state index contributed by atoms with van der Waals surface area (Å²) in [5.41, 5.74) is 0.470. The fourth-order valence-corrected chi connectivity index (χ4v) is 4.62. The van der Waals surface area contributed by atoms with E-state index in [2.05, 4.69) is 15.0 Å². The standard InChI is InChI=1S/C22H18N4O5S2/c27-20(19-7-4-13-26(21(19)28)31-15-16-5-2-1-3-6-16)24-17-8-10-18(11-9-17)33(29,30)25-22-23-12-14-32-22/h1-14H,15H2,(H,23,25)(H,24,27). The van der Waals surface area contributed by atoms with Gasteiger partial charge in [-0.15, -0.1) is 11.3 Å². The average molecular weight is 483 g/mol. The summed E-state index contributed by atoms with van der Waals surface area (Å²) in [4.78, 5) is 34.7. The Hall–Kier alpha value is -3.96. The summed E-state index contributed by atoms with van der Waals surface area (Å²) in [6.45, 7) is 0.163. The van der Waals surface area contributed by atoms with Crippen LogP contribution < -0.4 is 20.4 Å². The Morgan fingerprint density at radius 1 is 1.03 bits per heavy atom. The van der Waals surface area contributed by atoms with E-state index in [0.717, 1.165) is 21.6 Å². The molecule has 1 amide bonds. The van der Waals surface area contributed by atoms with Crippen molar-refractivity contribution in [1.82, 2.24) is 9.71 Å². The second-order valence-electron chi connectivity index (χ2n) is 6.73. The number of hydrogen-bond acceptors (Lipinski definition) is 7. The molecule has 168 valence electrons. The number of pyridine rings is 1. The number of carbonyl (C=O) groups is 1. The highest BCUT2D eigenvalue weighted by atomic mass is 32.2. The Labute approximate surface area is 193 Å². The van der Waals surface area contributed by atoms with Gasteiger partial charge in [0.15, 0.2) is 5.13 Å². The van der Waals surface area contributed by atoms with Crippen LogP contribution in [-0.4, -0.2) is 24.0 Å². The summed E-state index contributed by atoms with van der Waals surface area (Å²) < 4.78 is 28.2. The quantitative estimate of drug-likeness (QED) is 0.399. The summed E-state index contributed by atoms with van der Waals surface area (Å²) in [6.07, 6.45) is 2.92. The van der Waals surface area contributed by atoms with Gasteiger partial charge in [0, 0.05) is 23.5 Å². The molecule has 4 rings (SSSR count). The van der Waals surface area contributed by atoms with E-state index in [1.165, 1.54) is 48.8 Å². The molecule has 4 aromatic rings. The molecule has 0 aliphatic heterocycles. The first-order valence-corrected chi connectivity index (χ1v) is 12.0. The van der Waals surface area contributed by atoms with Crippen molar-refractivity contribution in [2.24, 2.45) is 0 Å². The van der Waals surface area contributed by atoms with Crippen molar-refractivity contribution < 1.29 is 18.0 Å². The number of anilines is 2. The molecule has 0 saturated heterocycles. The van der Waals surface area contributed by atoms with Crippen molar-refractivity contribution in [2.75, 3.05) is 10.0 Å². The van der Waals surface area contributed by atoms with Gasteiger partial charge in [0.05, 0.1) is 4.90 Å². The predicted molar refractivity (Wildman–Crippen MR) is 125 cm³/mol. The molecule has 11 heteroatoms. The molecule has 0 fully saturated rings. The van der Waals surface area contributed by atoms with E-state index >= 15 is 0 Å². The van der Waals surface area contributed by atoms with Crippen molar-refractivity contribution in [3.05, 3.63) is 106 Å². The largest absolute Gasteiger partial charge is 0.406 e. The van der Waals surface area contributed by atoms with Crippen LogP contribution in [0.2, 0.25) is 0 Å². The molecule has 2 N–H and O–H groups in total. The Morgan fingerprint density at radius 2 is 1.79 bits per heavy atom. The Balaban J connectivity index is 1.44. The van der Waals surface area contributed by atoms with Crippen molar-refractivity contribution in [3.8, 4) is 0 Å². The van der Waals surface area contributed by atoms with Crippen LogP contribution in [0, 0.1) is 0 Å². The van der Waals surface area contributed by atoms with Gasteiger partial charge < -0.3 is 10.2 Å². The van der Waals surface area contributed by atoms with Gasteiger partial charge in [-0.3, -0.25) is 14.3 Å².